The summed E-state index contributed by atoms with van der Waals surface area (Å²) >= 11 is 3.10. The van der Waals surface area contributed by atoms with E-state index in [-0.39, 0.29) is 18.0 Å². The van der Waals surface area contributed by atoms with Gasteiger partial charge in [0, 0.05) is 17.5 Å². The molecule has 33 heavy (non-hydrogen) atoms. The van der Waals surface area contributed by atoms with E-state index in [1.807, 2.05) is 29.8 Å². The minimum atomic E-state index is -0.564. The van der Waals surface area contributed by atoms with Crippen molar-refractivity contribution in [2.45, 2.75) is 63.1 Å². The normalized spacial score (nSPS) is 24.0. The maximum atomic E-state index is 12.6. The first-order chi connectivity index (χ1) is 15.9. The fourth-order valence-corrected chi connectivity index (χ4v) is 6.02. The SMILES string of the molecule is C[C@]1(O)CC[C@H](Nc2nc(Nc3cc(C(=O)NC4CCNCC4)cs3)nc3ccsc23)CC1. The van der Waals surface area contributed by atoms with Crippen LogP contribution in [0.25, 0.3) is 10.2 Å². The second kappa shape index (κ2) is 9.54. The third-order valence-corrected chi connectivity index (χ3v) is 8.23. The molecular weight excluding hydrogens is 456 g/mol. The standard InChI is InChI=1S/C23H30N6O2S2/c1-23(31)7-2-15(3-8-23)25-20-19-17(6-11-32-19)27-22(29-20)28-18-12-14(13-33-18)21(30)26-16-4-9-24-10-5-16/h6,11-13,15-16,24,31H,2-5,7-10H2,1H3,(H,26,30)(H2,25,27,28,29)/t15-,23-. The van der Waals surface area contributed by atoms with Gasteiger partial charge in [-0.15, -0.1) is 22.7 Å². The van der Waals surface area contributed by atoms with Gasteiger partial charge in [0.25, 0.3) is 5.91 Å². The Labute approximate surface area is 201 Å². The van der Waals surface area contributed by atoms with Gasteiger partial charge in [0.05, 0.1) is 26.4 Å². The lowest BCUT2D eigenvalue weighted by Gasteiger charge is -2.33. The van der Waals surface area contributed by atoms with Gasteiger partial charge in [-0.25, -0.2) is 4.98 Å². The Morgan fingerprint density at radius 1 is 1.15 bits per heavy atom. The van der Waals surface area contributed by atoms with E-state index in [9.17, 15) is 9.90 Å². The summed E-state index contributed by atoms with van der Waals surface area (Å²) in [6, 6.07) is 4.37. The third-order valence-electron chi connectivity index (χ3n) is 6.48. The Morgan fingerprint density at radius 3 is 2.73 bits per heavy atom. The number of carbonyl (C=O) groups excluding carboxylic acids is 1. The number of hydrogen-bond acceptors (Lipinski definition) is 9. The lowest BCUT2D eigenvalue weighted by Crippen LogP contribution is -2.42. The van der Waals surface area contributed by atoms with Crippen LogP contribution in [0.15, 0.2) is 22.9 Å². The number of carbonyl (C=O) groups is 1. The van der Waals surface area contributed by atoms with E-state index < -0.39 is 5.60 Å². The van der Waals surface area contributed by atoms with Crippen molar-refractivity contribution in [2.75, 3.05) is 23.7 Å². The van der Waals surface area contributed by atoms with Crippen molar-refractivity contribution in [3.63, 3.8) is 0 Å². The van der Waals surface area contributed by atoms with Crippen molar-refractivity contribution in [1.82, 2.24) is 20.6 Å². The number of nitrogens with zero attached hydrogens (tertiary/aromatic N) is 2. The van der Waals surface area contributed by atoms with E-state index in [2.05, 4.69) is 26.3 Å². The molecule has 2 fully saturated rings. The van der Waals surface area contributed by atoms with Crippen molar-refractivity contribution >= 4 is 55.6 Å². The lowest BCUT2D eigenvalue weighted by molar-refractivity contribution is 0.0196. The summed E-state index contributed by atoms with van der Waals surface area (Å²) in [4.78, 5) is 22.1. The number of hydrogen-bond donors (Lipinski definition) is 5. The number of piperidine rings is 1. The zero-order valence-electron chi connectivity index (χ0n) is 18.7. The number of rotatable bonds is 6. The van der Waals surface area contributed by atoms with E-state index >= 15 is 0 Å². The van der Waals surface area contributed by atoms with E-state index in [4.69, 9.17) is 4.98 Å². The Kier molecular flexibility index (Phi) is 6.51. The summed E-state index contributed by atoms with van der Waals surface area (Å²) in [5.41, 5.74) is 0.986. The molecule has 0 bridgehead atoms. The quantitative estimate of drug-likeness (QED) is 0.357. The number of amides is 1. The van der Waals surface area contributed by atoms with Crippen molar-refractivity contribution in [3.8, 4) is 0 Å². The highest BCUT2D eigenvalue weighted by Crippen LogP contribution is 2.33. The third kappa shape index (κ3) is 5.46. The zero-order valence-corrected chi connectivity index (χ0v) is 20.3. The smallest absolute Gasteiger partial charge is 0.252 e. The molecule has 4 heterocycles. The topological polar surface area (TPSA) is 111 Å². The minimum Gasteiger partial charge on any atom is -0.390 e. The summed E-state index contributed by atoms with van der Waals surface area (Å²) < 4.78 is 1.03. The molecule has 0 aromatic carbocycles. The molecule has 8 nitrogen and oxygen atoms in total. The molecule has 3 aromatic rings. The van der Waals surface area contributed by atoms with Gasteiger partial charge in [-0.05, 0) is 76.1 Å². The predicted molar refractivity (Wildman–Crippen MR) is 135 cm³/mol. The summed E-state index contributed by atoms with van der Waals surface area (Å²) in [7, 11) is 0. The summed E-state index contributed by atoms with van der Waals surface area (Å²) in [6.45, 7) is 3.80. The van der Waals surface area contributed by atoms with Gasteiger partial charge in [-0.1, -0.05) is 0 Å². The first kappa shape index (κ1) is 22.5. The fourth-order valence-electron chi connectivity index (χ4n) is 4.46. The Hall–Kier alpha value is -2.27. The fraction of sp³-hybridized carbons (Fsp3) is 0.522. The first-order valence-electron chi connectivity index (χ1n) is 11.6. The molecular formula is C23H30N6O2S2. The van der Waals surface area contributed by atoms with Crippen molar-refractivity contribution in [3.05, 3.63) is 28.5 Å². The van der Waals surface area contributed by atoms with Crippen LogP contribution in [-0.2, 0) is 0 Å². The first-order valence-corrected chi connectivity index (χ1v) is 13.3. The average Bonchev–Trinajstić information content (AvgIpc) is 3.46. The second-order valence-corrected chi connectivity index (χ2v) is 11.1. The molecule has 3 aromatic heterocycles. The van der Waals surface area contributed by atoms with Crippen LogP contribution in [0.1, 0.15) is 55.8 Å². The van der Waals surface area contributed by atoms with Gasteiger partial charge >= 0.3 is 0 Å². The molecule has 0 unspecified atom stereocenters. The number of anilines is 3. The maximum Gasteiger partial charge on any atom is 0.252 e. The van der Waals surface area contributed by atoms with Crippen LogP contribution in [0.5, 0.6) is 0 Å². The van der Waals surface area contributed by atoms with E-state index in [0.717, 1.165) is 72.7 Å². The molecule has 1 saturated heterocycles. The van der Waals surface area contributed by atoms with Crippen LogP contribution < -0.4 is 21.3 Å². The highest BCUT2D eigenvalue weighted by molar-refractivity contribution is 7.17. The highest BCUT2D eigenvalue weighted by atomic mass is 32.1. The number of thiophene rings is 2. The lowest BCUT2D eigenvalue weighted by atomic mass is 9.84. The van der Waals surface area contributed by atoms with Crippen molar-refractivity contribution in [1.29, 1.82) is 0 Å². The largest absolute Gasteiger partial charge is 0.390 e. The van der Waals surface area contributed by atoms with Gasteiger partial charge in [-0.3, -0.25) is 4.79 Å². The Balaban J connectivity index is 1.28. The minimum absolute atomic E-state index is 0.0315. The highest BCUT2D eigenvalue weighted by Gasteiger charge is 2.29. The molecule has 0 radical (unpaired) electrons. The molecule has 1 amide bonds. The summed E-state index contributed by atoms with van der Waals surface area (Å²) in [5.74, 6) is 1.30. The van der Waals surface area contributed by atoms with Crippen molar-refractivity contribution < 1.29 is 9.90 Å². The van der Waals surface area contributed by atoms with Crippen LogP contribution in [-0.4, -0.2) is 51.8 Å². The summed E-state index contributed by atoms with van der Waals surface area (Å²) in [5, 5.41) is 28.3. The monoisotopic (exact) mass is 486 g/mol. The zero-order chi connectivity index (χ0) is 22.8. The molecule has 0 atom stereocenters. The van der Waals surface area contributed by atoms with Gasteiger partial charge in [0.15, 0.2) is 0 Å². The Bertz CT molecular complexity index is 1110. The number of nitrogens with one attached hydrogen (secondary N) is 4. The van der Waals surface area contributed by atoms with Crippen LogP contribution in [0.3, 0.4) is 0 Å². The van der Waals surface area contributed by atoms with Crippen LogP contribution >= 0.6 is 22.7 Å². The molecule has 10 heteroatoms. The molecule has 5 N–H and O–H groups in total. The molecule has 0 spiro atoms. The van der Waals surface area contributed by atoms with Crippen molar-refractivity contribution in [2.24, 2.45) is 0 Å². The van der Waals surface area contributed by atoms with Crippen LogP contribution in [0.2, 0.25) is 0 Å². The van der Waals surface area contributed by atoms with Gasteiger partial charge in [0.2, 0.25) is 5.95 Å². The Morgan fingerprint density at radius 2 is 1.94 bits per heavy atom. The average molecular weight is 487 g/mol. The van der Waals surface area contributed by atoms with E-state index in [1.54, 1.807) is 11.3 Å². The van der Waals surface area contributed by atoms with E-state index in [0.29, 0.717) is 11.5 Å². The van der Waals surface area contributed by atoms with Crippen LogP contribution in [0.4, 0.5) is 16.8 Å². The summed E-state index contributed by atoms with van der Waals surface area (Å²) in [6.07, 6.45) is 5.31. The molecule has 1 saturated carbocycles. The number of aromatic nitrogens is 2. The molecule has 2 aliphatic rings. The molecule has 1 aliphatic heterocycles. The molecule has 5 rings (SSSR count). The number of fused-ring (bicyclic) bond motifs is 1. The van der Waals surface area contributed by atoms with Gasteiger partial charge in [-0.2, -0.15) is 4.98 Å². The maximum absolute atomic E-state index is 12.6. The second-order valence-electron chi connectivity index (χ2n) is 9.27. The van der Waals surface area contributed by atoms with Gasteiger partial charge < -0.3 is 26.4 Å². The van der Waals surface area contributed by atoms with E-state index in [1.165, 1.54) is 11.3 Å². The van der Waals surface area contributed by atoms with Crippen LogP contribution in [0, 0.1) is 0 Å². The molecule has 1 aliphatic carbocycles. The number of aliphatic hydroxyl groups is 1. The van der Waals surface area contributed by atoms with Gasteiger partial charge in [0.1, 0.15) is 5.82 Å². The molecule has 176 valence electrons. The predicted octanol–water partition coefficient (Wildman–Crippen LogP) is 4.08.